The summed E-state index contributed by atoms with van der Waals surface area (Å²) in [6, 6.07) is 4.36. The van der Waals surface area contributed by atoms with Crippen molar-refractivity contribution in [3.63, 3.8) is 0 Å². The molecule has 0 aliphatic rings. The molecule has 0 unspecified atom stereocenters. The third kappa shape index (κ3) is 2.15. The highest BCUT2D eigenvalue weighted by Crippen LogP contribution is 2.21. The predicted molar refractivity (Wildman–Crippen MR) is 64.1 cm³/mol. The smallest absolute Gasteiger partial charge is 0.238 e. The molecule has 0 spiro atoms. The van der Waals surface area contributed by atoms with E-state index in [1.807, 2.05) is 6.92 Å². The van der Waals surface area contributed by atoms with E-state index in [1.165, 1.54) is 12.1 Å². The summed E-state index contributed by atoms with van der Waals surface area (Å²) >= 11 is 0. The molecular weight excluding hydrogens is 240 g/mol. The average Bonchev–Trinajstić information content (AvgIpc) is 2.63. The van der Waals surface area contributed by atoms with Gasteiger partial charge in [0.1, 0.15) is 5.82 Å². The fourth-order valence-corrected chi connectivity index (χ4v) is 2.11. The summed E-state index contributed by atoms with van der Waals surface area (Å²) in [5, 5.41) is 5.02. The number of hydrogen-bond acceptors (Lipinski definition) is 4. The Morgan fingerprint density at radius 2 is 2.06 bits per heavy atom. The van der Waals surface area contributed by atoms with Crippen molar-refractivity contribution < 1.29 is 8.42 Å². The lowest BCUT2D eigenvalue weighted by molar-refractivity contribution is 0.598. The lowest BCUT2D eigenvalue weighted by atomic mass is 10.2. The van der Waals surface area contributed by atoms with E-state index in [1.54, 1.807) is 23.0 Å². The van der Waals surface area contributed by atoms with Crippen molar-refractivity contribution in [2.45, 2.75) is 11.8 Å². The third-order valence-corrected chi connectivity index (χ3v) is 3.32. The quantitative estimate of drug-likeness (QED) is 0.755. The normalized spacial score (nSPS) is 11.6. The topological polar surface area (TPSA) is 104 Å². The maximum absolute atomic E-state index is 11.2. The largest absolute Gasteiger partial charge is 0.397 e. The number of nitrogen functional groups attached to an aromatic ring is 1. The van der Waals surface area contributed by atoms with Crippen LogP contribution in [0.25, 0.3) is 5.69 Å². The zero-order chi connectivity index (χ0) is 12.6. The SMILES string of the molecule is Cc1nccn1-c1ccc(S(N)(=O)=O)cc1N. The first kappa shape index (κ1) is 11.6. The van der Waals surface area contributed by atoms with Gasteiger partial charge in [-0.05, 0) is 25.1 Å². The lowest BCUT2D eigenvalue weighted by Gasteiger charge is -2.09. The molecule has 0 saturated heterocycles. The molecule has 2 rings (SSSR count). The number of sulfonamides is 1. The van der Waals surface area contributed by atoms with Gasteiger partial charge in [0.05, 0.1) is 16.3 Å². The molecule has 90 valence electrons. The minimum Gasteiger partial charge on any atom is -0.397 e. The molecule has 0 fully saturated rings. The molecule has 0 bridgehead atoms. The number of hydrogen-bond donors (Lipinski definition) is 2. The summed E-state index contributed by atoms with van der Waals surface area (Å²) in [6.45, 7) is 1.83. The van der Waals surface area contributed by atoms with Crippen LogP contribution in [0.1, 0.15) is 5.82 Å². The average molecular weight is 252 g/mol. The Labute approximate surface area is 98.9 Å². The zero-order valence-electron chi connectivity index (χ0n) is 9.16. The van der Waals surface area contributed by atoms with Crippen molar-refractivity contribution >= 4 is 15.7 Å². The van der Waals surface area contributed by atoms with E-state index >= 15 is 0 Å². The molecule has 1 aromatic carbocycles. The second-order valence-corrected chi connectivity index (χ2v) is 5.17. The number of aromatic nitrogens is 2. The molecular formula is C10H12N4O2S. The maximum atomic E-state index is 11.2. The van der Waals surface area contributed by atoms with E-state index in [9.17, 15) is 8.42 Å². The first-order valence-electron chi connectivity index (χ1n) is 4.82. The Bertz CT molecular complexity index is 661. The van der Waals surface area contributed by atoms with Gasteiger partial charge >= 0.3 is 0 Å². The Kier molecular flexibility index (Phi) is 2.64. The molecule has 0 saturated carbocycles. The van der Waals surface area contributed by atoms with Crippen LogP contribution in [-0.4, -0.2) is 18.0 Å². The molecule has 0 aliphatic carbocycles. The Balaban J connectivity index is 2.57. The predicted octanol–water partition coefficient (Wildman–Crippen LogP) is 0.410. The fourth-order valence-electron chi connectivity index (χ4n) is 1.56. The summed E-state index contributed by atoms with van der Waals surface area (Å²) < 4.78 is 24.1. The number of nitrogens with zero attached hydrogens (tertiary/aromatic N) is 2. The molecule has 4 N–H and O–H groups in total. The summed E-state index contributed by atoms with van der Waals surface area (Å²) in [6.07, 6.45) is 3.39. The van der Waals surface area contributed by atoms with Crippen LogP contribution in [0.3, 0.4) is 0 Å². The molecule has 0 aliphatic heterocycles. The van der Waals surface area contributed by atoms with Crippen molar-refractivity contribution in [2.24, 2.45) is 5.14 Å². The number of rotatable bonds is 2. The zero-order valence-corrected chi connectivity index (χ0v) is 9.98. The maximum Gasteiger partial charge on any atom is 0.238 e. The molecule has 1 aromatic heterocycles. The van der Waals surface area contributed by atoms with Gasteiger partial charge in [-0.25, -0.2) is 18.5 Å². The van der Waals surface area contributed by atoms with Crippen molar-refractivity contribution in [3.8, 4) is 5.69 Å². The molecule has 0 radical (unpaired) electrons. The van der Waals surface area contributed by atoms with Gasteiger partial charge in [0.25, 0.3) is 0 Å². The van der Waals surface area contributed by atoms with Gasteiger partial charge in [-0.3, -0.25) is 0 Å². The number of benzene rings is 1. The third-order valence-electron chi connectivity index (χ3n) is 2.41. The number of nitrogens with two attached hydrogens (primary N) is 2. The first-order valence-corrected chi connectivity index (χ1v) is 6.37. The van der Waals surface area contributed by atoms with Crippen LogP contribution in [0.2, 0.25) is 0 Å². The van der Waals surface area contributed by atoms with Crippen LogP contribution >= 0.6 is 0 Å². The summed E-state index contributed by atoms with van der Waals surface area (Å²) in [5.41, 5.74) is 6.81. The number of anilines is 1. The standard InChI is InChI=1S/C10H12N4O2S/c1-7-13-4-5-14(7)10-3-2-8(6-9(10)11)17(12,15)16/h2-6H,11H2,1H3,(H2,12,15,16). The molecule has 7 heteroatoms. The minimum atomic E-state index is -3.73. The van der Waals surface area contributed by atoms with E-state index in [0.29, 0.717) is 11.4 Å². The van der Waals surface area contributed by atoms with Crippen LogP contribution < -0.4 is 10.9 Å². The summed E-state index contributed by atoms with van der Waals surface area (Å²) in [4.78, 5) is 4.07. The van der Waals surface area contributed by atoms with E-state index in [4.69, 9.17) is 10.9 Å². The second-order valence-electron chi connectivity index (χ2n) is 3.61. The minimum absolute atomic E-state index is 0.00322. The van der Waals surface area contributed by atoms with Crippen LogP contribution in [0, 0.1) is 6.92 Å². The molecule has 1 heterocycles. The van der Waals surface area contributed by atoms with Crippen LogP contribution in [-0.2, 0) is 10.0 Å². The Hall–Kier alpha value is -1.86. The van der Waals surface area contributed by atoms with Gasteiger partial charge in [0.2, 0.25) is 10.0 Å². The van der Waals surface area contributed by atoms with Gasteiger partial charge < -0.3 is 10.3 Å². The van der Waals surface area contributed by atoms with Crippen molar-refractivity contribution in [1.82, 2.24) is 9.55 Å². The Morgan fingerprint density at radius 3 is 2.53 bits per heavy atom. The van der Waals surface area contributed by atoms with E-state index < -0.39 is 10.0 Å². The second kappa shape index (κ2) is 3.86. The van der Waals surface area contributed by atoms with Crippen molar-refractivity contribution in [3.05, 3.63) is 36.4 Å². The molecule has 17 heavy (non-hydrogen) atoms. The van der Waals surface area contributed by atoms with E-state index in [2.05, 4.69) is 4.98 Å². The highest BCUT2D eigenvalue weighted by Gasteiger charge is 2.11. The number of aryl methyl sites for hydroxylation is 1. The highest BCUT2D eigenvalue weighted by molar-refractivity contribution is 7.89. The summed E-state index contributed by atoms with van der Waals surface area (Å²) in [7, 11) is -3.73. The van der Waals surface area contributed by atoms with E-state index in [-0.39, 0.29) is 4.90 Å². The van der Waals surface area contributed by atoms with Crippen LogP contribution in [0.5, 0.6) is 0 Å². The molecule has 0 amide bonds. The van der Waals surface area contributed by atoms with Gasteiger partial charge in [0, 0.05) is 12.4 Å². The van der Waals surface area contributed by atoms with Gasteiger partial charge in [0.15, 0.2) is 0 Å². The first-order chi connectivity index (χ1) is 7.89. The summed E-state index contributed by atoms with van der Waals surface area (Å²) in [5.74, 6) is 0.764. The van der Waals surface area contributed by atoms with Crippen molar-refractivity contribution in [1.29, 1.82) is 0 Å². The van der Waals surface area contributed by atoms with E-state index in [0.717, 1.165) is 5.82 Å². The Morgan fingerprint density at radius 1 is 1.35 bits per heavy atom. The van der Waals surface area contributed by atoms with Gasteiger partial charge in [-0.1, -0.05) is 0 Å². The van der Waals surface area contributed by atoms with Crippen LogP contribution in [0.15, 0.2) is 35.5 Å². The fraction of sp³-hybridized carbons (Fsp3) is 0.100. The number of primary sulfonamides is 1. The molecule has 0 atom stereocenters. The van der Waals surface area contributed by atoms with Gasteiger partial charge in [-0.2, -0.15) is 0 Å². The number of imidazole rings is 1. The monoisotopic (exact) mass is 252 g/mol. The van der Waals surface area contributed by atoms with Crippen LogP contribution in [0.4, 0.5) is 5.69 Å². The molecule has 2 aromatic rings. The van der Waals surface area contributed by atoms with Gasteiger partial charge in [-0.15, -0.1) is 0 Å². The van der Waals surface area contributed by atoms with Crippen molar-refractivity contribution in [2.75, 3.05) is 5.73 Å². The molecule has 6 nitrogen and oxygen atoms in total. The highest BCUT2D eigenvalue weighted by atomic mass is 32.2. The lowest BCUT2D eigenvalue weighted by Crippen LogP contribution is -2.13.